The van der Waals surface area contributed by atoms with Gasteiger partial charge in [0.2, 0.25) is 0 Å². The van der Waals surface area contributed by atoms with Gasteiger partial charge in [-0.3, -0.25) is 0 Å². The number of rotatable bonds is 5. The van der Waals surface area contributed by atoms with Gasteiger partial charge in [-0.05, 0) is 6.04 Å². The van der Waals surface area contributed by atoms with Gasteiger partial charge in [-0.2, -0.15) is 13.2 Å². The monoisotopic (exact) mass is 351 g/mol. The lowest BCUT2D eigenvalue weighted by Gasteiger charge is -2.15. The van der Waals surface area contributed by atoms with Crippen LogP contribution >= 0.6 is 11.6 Å². The summed E-state index contributed by atoms with van der Waals surface area (Å²) in [7, 11) is -1.24. The Morgan fingerprint density at radius 2 is 2.00 bits per heavy atom. The van der Waals surface area contributed by atoms with E-state index in [2.05, 4.69) is 29.6 Å². The lowest BCUT2D eigenvalue weighted by Crippen LogP contribution is -2.22. The van der Waals surface area contributed by atoms with Crippen LogP contribution in [0.2, 0.25) is 30.8 Å². The maximum atomic E-state index is 13.0. The molecule has 0 N–H and O–H groups in total. The number of alkyl halides is 3. The highest BCUT2D eigenvalue weighted by Gasteiger charge is 2.36. The standard InChI is InChI=1S/C13H17ClF3N3OSi/c1-22(2,3)5-4-21-8-20-7-9(13(15,16)17)11-12(20)18-6-10(14)19-11/h6-7H,4-5,8H2,1-3H3. The smallest absolute Gasteiger partial charge is 0.361 e. The molecule has 0 aliphatic carbocycles. The first-order valence-corrected chi connectivity index (χ1v) is 10.8. The molecule has 0 spiro atoms. The summed E-state index contributed by atoms with van der Waals surface area (Å²) >= 11 is 5.65. The first-order chi connectivity index (χ1) is 10.1. The number of aromatic nitrogens is 3. The second-order valence-electron chi connectivity index (χ2n) is 6.22. The second kappa shape index (κ2) is 6.17. The predicted molar refractivity (Wildman–Crippen MR) is 81.6 cm³/mol. The molecule has 2 aromatic heterocycles. The van der Waals surface area contributed by atoms with Crippen LogP contribution in [0.3, 0.4) is 0 Å². The molecule has 0 amide bonds. The molecule has 2 rings (SSSR count). The lowest BCUT2D eigenvalue weighted by molar-refractivity contribution is -0.136. The van der Waals surface area contributed by atoms with Gasteiger partial charge in [0.15, 0.2) is 5.65 Å². The molecule has 122 valence electrons. The Hall–Kier alpha value is -1.12. The summed E-state index contributed by atoms with van der Waals surface area (Å²) in [6.45, 7) is 7.13. The fraction of sp³-hybridized carbons (Fsp3) is 0.538. The molecular formula is C13H17ClF3N3OSi. The van der Waals surface area contributed by atoms with Gasteiger partial charge < -0.3 is 9.30 Å². The summed E-state index contributed by atoms with van der Waals surface area (Å²) in [5.74, 6) is 0. The van der Waals surface area contributed by atoms with Crippen LogP contribution in [-0.2, 0) is 17.6 Å². The minimum Gasteiger partial charge on any atom is -0.361 e. The molecule has 9 heteroatoms. The van der Waals surface area contributed by atoms with Crippen LogP contribution in [0.4, 0.5) is 13.2 Å². The van der Waals surface area contributed by atoms with Crippen molar-refractivity contribution in [2.75, 3.05) is 6.61 Å². The quantitative estimate of drug-likeness (QED) is 0.591. The molecular weight excluding hydrogens is 335 g/mol. The van der Waals surface area contributed by atoms with Gasteiger partial charge in [-0.25, -0.2) is 9.97 Å². The molecule has 0 aromatic carbocycles. The van der Waals surface area contributed by atoms with Crippen LogP contribution in [0, 0.1) is 0 Å². The Morgan fingerprint density at radius 3 is 2.59 bits per heavy atom. The molecule has 0 saturated heterocycles. The Morgan fingerprint density at radius 1 is 1.32 bits per heavy atom. The Bertz CT molecular complexity index is 667. The minimum atomic E-state index is -4.51. The van der Waals surface area contributed by atoms with E-state index < -0.39 is 19.8 Å². The van der Waals surface area contributed by atoms with Crippen LogP contribution in [-0.4, -0.2) is 29.2 Å². The zero-order valence-electron chi connectivity index (χ0n) is 12.5. The molecule has 0 saturated carbocycles. The summed E-state index contributed by atoms with van der Waals surface area (Å²) in [6.07, 6.45) is -2.32. The van der Waals surface area contributed by atoms with Crippen molar-refractivity contribution < 1.29 is 17.9 Å². The summed E-state index contributed by atoms with van der Waals surface area (Å²) in [5.41, 5.74) is -0.996. The molecule has 0 bridgehead atoms. The van der Waals surface area contributed by atoms with Crippen molar-refractivity contribution in [1.29, 1.82) is 0 Å². The van der Waals surface area contributed by atoms with Gasteiger partial charge >= 0.3 is 6.18 Å². The Labute approximate surface area is 132 Å². The average molecular weight is 352 g/mol. The number of fused-ring (bicyclic) bond motifs is 1. The predicted octanol–water partition coefficient (Wildman–Crippen LogP) is 4.42. The summed E-state index contributed by atoms with van der Waals surface area (Å²) in [4.78, 5) is 7.68. The second-order valence-corrected chi connectivity index (χ2v) is 12.2. The third-order valence-corrected chi connectivity index (χ3v) is 4.95. The first-order valence-electron chi connectivity index (χ1n) is 6.74. The van der Waals surface area contributed by atoms with Crippen molar-refractivity contribution in [2.45, 2.75) is 38.6 Å². The van der Waals surface area contributed by atoms with Crippen LogP contribution < -0.4 is 0 Å². The van der Waals surface area contributed by atoms with Crippen LogP contribution in [0.25, 0.3) is 11.2 Å². The SMILES string of the molecule is C[Si](C)(C)CCOCn1cc(C(F)(F)F)c2nc(Cl)cnc21. The summed E-state index contributed by atoms with van der Waals surface area (Å²) in [6, 6.07) is 0.940. The largest absolute Gasteiger partial charge is 0.420 e. The van der Waals surface area contributed by atoms with Crippen LogP contribution in [0.5, 0.6) is 0 Å². The van der Waals surface area contributed by atoms with Gasteiger partial charge in [0.05, 0.1) is 6.20 Å². The van der Waals surface area contributed by atoms with Gasteiger partial charge in [0, 0.05) is 20.9 Å². The van der Waals surface area contributed by atoms with Gasteiger partial charge in [0.25, 0.3) is 0 Å². The van der Waals surface area contributed by atoms with Gasteiger partial charge in [-0.15, -0.1) is 0 Å². The van der Waals surface area contributed by atoms with E-state index in [1.54, 1.807) is 0 Å². The van der Waals surface area contributed by atoms with Crippen molar-refractivity contribution in [3.05, 3.63) is 23.1 Å². The highest BCUT2D eigenvalue weighted by atomic mass is 35.5. The third-order valence-electron chi connectivity index (χ3n) is 3.07. The van der Waals surface area contributed by atoms with Crippen LogP contribution in [0.1, 0.15) is 5.56 Å². The molecule has 4 nitrogen and oxygen atoms in total. The topological polar surface area (TPSA) is 39.9 Å². The maximum Gasteiger partial charge on any atom is 0.420 e. The number of ether oxygens (including phenoxy) is 1. The van der Waals surface area contributed by atoms with Crippen molar-refractivity contribution in [2.24, 2.45) is 0 Å². The van der Waals surface area contributed by atoms with E-state index in [9.17, 15) is 13.2 Å². The van der Waals surface area contributed by atoms with E-state index in [4.69, 9.17) is 16.3 Å². The fourth-order valence-corrected chi connectivity index (χ4v) is 2.77. The zero-order valence-corrected chi connectivity index (χ0v) is 14.3. The highest BCUT2D eigenvalue weighted by Crippen LogP contribution is 2.35. The average Bonchev–Trinajstić information content (AvgIpc) is 2.71. The van der Waals surface area contributed by atoms with Crippen LogP contribution in [0.15, 0.2) is 12.4 Å². The van der Waals surface area contributed by atoms with Crippen molar-refractivity contribution >= 4 is 30.8 Å². The van der Waals surface area contributed by atoms with Crippen molar-refractivity contribution in [3.8, 4) is 0 Å². The maximum absolute atomic E-state index is 13.0. The summed E-state index contributed by atoms with van der Waals surface area (Å²) in [5, 5.41) is -0.0737. The number of hydrogen-bond acceptors (Lipinski definition) is 3. The first kappa shape index (κ1) is 17.2. The molecule has 0 radical (unpaired) electrons. The van der Waals surface area contributed by atoms with Crippen molar-refractivity contribution in [1.82, 2.24) is 14.5 Å². The van der Waals surface area contributed by atoms with E-state index in [1.165, 1.54) is 10.8 Å². The number of halogens is 4. The van der Waals surface area contributed by atoms with Crippen molar-refractivity contribution in [3.63, 3.8) is 0 Å². The molecule has 0 aliphatic heterocycles. The Balaban J connectivity index is 2.23. The molecule has 0 unspecified atom stereocenters. The Kier molecular flexibility index (Phi) is 4.83. The summed E-state index contributed by atoms with van der Waals surface area (Å²) < 4.78 is 45.9. The van der Waals surface area contributed by atoms with Gasteiger partial charge in [0.1, 0.15) is 23.0 Å². The van der Waals surface area contributed by atoms with Gasteiger partial charge in [-0.1, -0.05) is 31.2 Å². The molecule has 2 heterocycles. The van der Waals surface area contributed by atoms with E-state index in [-0.39, 0.29) is 23.0 Å². The molecule has 0 aliphatic rings. The fourth-order valence-electron chi connectivity index (χ4n) is 1.88. The van der Waals surface area contributed by atoms with E-state index in [0.717, 1.165) is 12.2 Å². The number of nitrogens with zero attached hydrogens (tertiary/aromatic N) is 3. The number of hydrogen-bond donors (Lipinski definition) is 0. The lowest BCUT2D eigenvalue weighted by atomic mass is 10.3. The molecule has 22 heavy (non-hydrogen) atoms. The van der Waals surface area contributed by atoms with E-state index in [1.807, 2.05) is 0 Å². The third kappa shape index (κ3) is 4.20. The van der Waals surface area contributed by atoms with E-state index in [0.29, 0.717) is 6.61 Å². The highest BCUT2D eigenvalue weighted by molar-refractivity contribution is 6.76. The normalized spacial score (nSPS) is 13.0. The minimum absolute atomic E-state index is 0.00731. The zero-order chi connectivity index (χ0) is 16.5. The molecule has 2 aromatic rings. The molecule has 0 atom stereocenters. The molecule has 0 fully saturated rings. The van der Waals surface area contributed by atoms with E-state index >= 15 is 0 Å².